The van der Waals surface area contributed by atoms with Gasteiger partial charge in [0, 0.05) is 24.2 Å². The first-order valence-corrected chi connectivity index (χ1v) is 18.6. The fourth-order valence-corrected chi connectivity index (χ4v) is 13.9. The maximum absolute atomic E-state index is 13.8. The normalized spacial score (nSPS) is 43.0. The molecule has 1 aromatic rings. The van der Waals surface area contributed by atoms with Crippen molar-refractivity contribution in [1.29, 1.82) is 0 Å². The molecule has 0 amide bonds. The Morgan fingerprint density at radius 1 is 0.714 bits per heavy atom. The highest BCUT2D eigenvalue weighted by molar-refractivity contribution is 7.89. The second-order valence-corrected chi connectivity index (χ2v) is 17.8. The van der Waals surface area contributed by atoms with Crippen molar-refractivity contribution in [3.05, 3.63) is 46.5 Å². The Kier molecular flexibility index (Phi) is 5.95. The van der Waals surface area contributed by atoms with Gasteiger partial charge in [-0.05, 0) is 83.5 Å². The number of allylic oxidation sites excluding steroid dienone is 2. The number of ketones is 2. The summed E-state index contributed by atoms with van der Waals surface area (Å²) in [6.45, 7) is 8.31. The molecule has 0 aliphatic heterocycles. The van der Waals surface area contributed by atoms with E-state index < -0.39 is 30.9 Å². The fourth-order valence-electron chi connectivity index (χ4n) is 10.4. The summed E-state index contributed by atoms with van der Waals surface area (Å²) in [5.74, 6) is 0.617. The first kappa shape index (κ1) is 28.6. The Bertz CT molecular complexity index is 1570. The zero-order chi connectivity index (χ0) is 30.1. The summed E-state index contributed by atoms with van der Waals surface area (Å²) < 4.78 is 56.0. The molecule has 0 bridgehead atoms. The summed E-state index contributed by atoms with van der Waals surface area (Å²) in [5, 5.41) is 0. The largest absolute Gasteiger partial charge is 0.294 e. The predicted octanol–water partition coefficient (Wildman–Crippen LogP) is 3.56. The Labute approximate surface area is 248 Å². The zero-order valence-electron chi connectivity index (χ0n) is 24.7. The van der Waals surface area contributed by atoms with Crippen LogP contribution in [0.4, 0.5) is 0 Å². The minimum atomic E-state index is -3.54. The molecule has 6 fully saturated rings. The van der Waals surface area contributed by atoms with E-state index in [-0.39, 0.29) is 45.7 Å². The van der Waals surface area contributed by atoms with Gasteiger partial charge in [0.1, 0.15) is 0 Å². The lowest BCUT2D eigenvalue weighted by molar-refractivity contribution is -0.196. The predicted molar refractivity (Wildman–Crippen MR) is 161 cm³/mol. The van der Waals surface area contributed by atoms with Crippen molar-refractivity contribution in [1.82, 2.24) is 9.44 Å². The summed E-state index contributed by atoms with van der Waals surface area (Å²) in [4.78, 5) is 27.6. The second-order valence-electron chi connectivity index (χ2n) is 14.1. The molecule has 6 aliphatic rings. The standard InChI is InChI=1S/C32H40N2O6S2/c1-5-33-41(37,38)17-31-15-21-13-25(29(21,31)3)23(27(31)35)11-19-7-9-20(10-8-19)12-24-26-14-22-16-32(28(24)36,30(22,26)4)18-42(39,40)34-6-2/h7-12,21-22,25-26,33-34H,5-6,13-18H2,1-4H3/b23-11+,24-12+. The van der Waals surface area contributed by atoms with Crippen LogP contribution in [0.15, 0.2) is 35.4 Å². The monoisotopic (exact) mass is 612 g/mol. The van der Waals surface area contributed by atoms with E-state index in [1.165, 1.54) is 0 Å². The molecule has 0 radical (unpaired) electrons. The summed E-state index contributed by atoms with van der Waals surface area (Å²) in [6.07, 6.45) is 7.00. The van der Waals surface area contributed by atoms with Gasteiger partial charge in [-0.25, -0.2) is 26.3 Å². The highest BCUT2D eigenvalue weighted by Gasteiger charge is 2.81. The molecule has 42 heavy (non-hydrogen) atoms. The third kappa shape index (κ3) is 3.35. The molecule has 0 heterocycles. The fraction of sp³-hybridized carbons (Fsp3) is 0.625. The van der Waals surface area contributed by atoms with E-state index in [1.807, 2.05) is 36.4 Å². The Morgan fingerprint density at radius 2 is 1.07 bits per heavy atom. The van der Waals surface area contributed by atoms with E-state index in [1.54, 1.807) is 13.8 Å². The van der Waals surface area contributed by atoms with E-state index >= 15 is 0 Å². The number of sulfonamides is 2. The molecular weight excluding hydrogens is 572 g/mol. The molecule has 2 N–H and O–H groups in total. The minimum absolute atomic E-state index is 0.0194. The number of Topliss-reactive ketones (excluding diaryl/α,β-unsaturated/α-hetero) is 2. The van der Waals surface area contributed by atoms with E-state index in [0.717, 1.165) is 35.1 Å². The van der Waals surface area contributed by atoms with Crippen molar-refractivity contribution in [3.63, 3.8) is 0 Å². The molecule has 8 unspecified atom stereocenters. The van der Waals surface area contributed by atoms with Crippen LogP contribution >= 0.6 is 0 Å². The number of rotatable bonds is 10. The molecule has 8 atom stereocenters. The van der Waals surface area contributed by atoms with Crippen molar-refractivity contribution < 1.29 is 26.4 Å². The van der Waals surface area contributed by atoms with E-state index in [4.69, 9.17) is 0 Å². The number of hydrogen-bond acceptors (Lipinski definition) is 6. The van der Waals surface area contributed by atoms with Crippen molar-refractivity contribution in [2.75, 3.05) is 24.6 Å². The van der Waals surface area contributed by atoms with E-state index in [2.05, 4.69) is 23.3 Å². The minimum Gasteiger partial charge on any atom is -0.294 e. The van der Waals surface area contributed by atoms with E-state index in [9.17, 15) is 26.4 Å². The number of hydrogen-bond donors (Lipinski definition) is 2. The first-order valence-electron chi connectivity index (χ1n) is 15.3. The van der Waals surface area contributed by atoms with Gasteiger partial charge < -0.3 is 0 Å². The van der Waals surface area contributed by atoms with Gasteiger partial charge >= 0.3 is 0 Å². The van der Waals surface area contributed by atoms with Gasteiger partial charge in [0.15, 0.2) is 11.6 Å². The van der Waals surface area contributed by atoms with Crippen LogP contribution in [0.2, 0.25) is 0 Å². The van der Waals surface area contributed by atoms with Gasteiger partial charge in [-0.1, -0.05) is 52.0 Å². The lowest BCUT2D eigenvalue weighted by Gasteiger charge is -2.67. The second kappa shape index (κ2) is 8.73. The molecule has 10 heteroatoms. The first-order chi connectivity index (χ1) is 19.7. The third-order valence-corrected chi connectivity index (χ3v) is 16.0. The number of nitrogens with one attached hydrogen (secondary N) is 2. The average Bonchev–Trinajstić information content (AvgIpc) is 3.08. The van der Waals surface area contributed by atoms with Gasteiger partial charge in [-0.15, -0.1) is 0 Å². The van der Waals surface area contributed by atoms with Crippen LogP contribution < -0.4 is 9.44 Å². The summed E-state index contributed by atoms with van der Waals surface area (Å²) in [6, 6.07) is 7.77. The molecular formula is C32H40N2O6S2. The van der Waals surface area contributed by atoms with Crippen molar-refractivity contribution in [2.24, 2.45) is 45.3 Å². The molecule has 8 nitrogen and oxygen atoms in total. The van der Waals surface area contributed by atoms with E-state index in [0.29, 0.717) is 37.8 Å². The van der Waals surface area contributed by atoms with Crippen LogP contribution in [-0.2, 0) is 29.6 Å². The van der Waals surface area contributed by atoms with Crippen molar-refractivity contribution in [3.8, 4) is 0 Å². The lowest BCUT2D eigenvalue weighted by Crippen LogP contribution is -2.67. The summed E-state index contributed by atoms with van der Waals surface area (Å²) >= 11 is 0. The smallest absolute Gasteiger partial charge is 0.212 e. The highest BCUT2D eigenvalue weighted by atomic mass is 32.2. The van der Waals surface area contributed by atoms with Gasteiger partial charge in [0.05, 0.1) is 22.3 Å². The third-order valence-electron chi connectivity index (χ3n) is 12.8. The topological polar surface area (TPSA) is 126 Å². The van der Waals surface area contributed by atoms with Crippen LogP contribution in [0.1, 0.15) is 64.5 Å². The average molecular weight is 613 g/mol. The Morgan fingerprint density at radius 3 is 1.38 bits per heavy atom. The van der Waals surface area contributed by atoms with Crippen LogP contribution in [0, 0.1) is 45.3 Å². The van der Waals surface area contributed by atoms with Crippen LogP contribution in [-0.4, -0.2) is 53.0 Å². The quantitative estimate of drug-likeness (QED) is 0.389. The van der Waals surface area contributed by atoms with Gasteiger partial charge in [-0.2, -0.15) is 0 Å². The zero-order valence-corrected chi connectivity index (χ0v) is 26.3. The molecule has 7 rings (SSSR count). The Balaban J connectivity index is 1.14. The number of carbonyl (C=O) groups excluding carboxylic acids is 2. The maximum atomic E-state index is 13.8. The molecule has 1 aromatic carbocycles. The molecule has 226 valence electrons. The van der Waals surface area contributed by atoms with Gasteiger partial charge in [-0.3, -0.25) is 9.59 Å². The highest BCUT2D eigenvalue weighted by Crippen LogP contribution is 2.81. The molecule has 0 spiro atoms. The van der Waals surface area contributed by atoms with Crippen LogP contribution in [0.25, 0.3) is 12.2 Å². The van der Waals surface area contributed by atoms with Crippen LogP contribution in [0.5, 0.6) is 0 Å². The number of carbonyl (C=O) groups is 2. The van der Waals surface area contributed by atoms with Gasteiger partial charge in [0.2, 0.25) is 20.0 Å². The molecule has 0 aromatic heterocycles. The summed E-state index contributed by atoms with van der Waals surface area (Å²) in [5.41, 5.74) is 0.961. The van der Waals surface area contributed by atoms with Crippen LogP contribution in [0.3, 0.4) is 0 Å². The van der Waals surface area contributed by atoms with Crippen molar-refractivity contribution in [2.45, 2.75) is 53.4 Å². The van der Waals surface area contributed by atoms with Crippen molar-refractivity contribution >= 4 is 43.8 Å². The molecule has 0 saturated heterocycles. The molecule has 6 aliphatic carbocycles. The molecule has 6 saturated carbocycles. The lowest BCUT2D eigenvalue weighted by atomic mass is 9.36. The summed E-state index contributed by atoms with van der Waals surface area (Å²) in [7, 11) is -7.09. The maximum Gasteiger partial charge on any atom is 0.212 e. The Hall–Kier alpha value is -2.14. The number of benzene rings is 1. The SMILES string of the molecule is CCNS(=O)(=O)CC12CC3CC(/C(=C\c4ccc(/C=C5/C(=O)C6(CS(=O)(=O)NCC)CC7CC5C76C)cc4)C1=O)C32C. The van der Waals surface area contributed by atoms with Gasteiger partial charge in [0.25, 0.3) is 0 Å².